The normalized spacial score (nSPS) is 14.3. The smallest absolute Gasteiger partial charge is 0.256 e. The SMILES string of the molecule is CC(NSC(C)(C)C)c1ccc(SCC(F)(F)F)nc1. The lowest BCUT2D eigenvalue weighted by Crippen LogP contribution is -2.19. The van der Waals surface area contributed by atoms with Gasteiger partial charge in [0.2, 0.25) is 0 Å². The van der Waals surface area contributed by atoms with E-state index in [4.69, 9.17) is 0 Å². The van der Waals surface area contributed by atoms with Crippen LogP contribution in [0.3, 0.4) is 0 Å². The van der Waals surface area contributed by atoms with Gasteiger partial charge in [0, 0.05) is 17.0 Å². The Morgan fingerprint density at radius 1 is 1.25 bits per heavy atom. The van der Waals surface area contributed by atoms with Crippen molar-refractivity contribution in [2.75, 3.05) is 5.75 Å². The quantitative estimate of drug-likeness (QED) is 0.619. The number of halogens is 3. The Labute approximate surface area is 126 Å². The Bertz CT molecular complexity index is 413. The van der Waals surface area contributed by atoms with Gasteiger partial charge in [0.1, 0.15) is 0 Å². The minimum atomic E-state index is -4.16. The monoisotopic (exact) mass is 324 g/mol. The molecular weight excluding hydrogens is 305 g/mol. The van der Waals surface area contributed by atoms with Crippen LogP contribution in [0.5, 0.6) is 0 Å². The zero-order chi connectivity index (χ0) is 15.4. The molecule has 0 aliphatic heterocycles. The molecule has 0 saturated carbocycles. The summed E-state index contributed by atoms with van der Waals surface area (Å²) < 4.78 is 39.7. The van der Waals surface area contributed by atoms with Gasteiger partial charge in [-0.1, -0.05) is 29.8 Å². The number of nitrogens with zero attached hydrogens (tertiary/aromatic N) is 1. The molecule has 1 heterocycles. The Hall–Kier alpha value is -0.400. The standard InChI is InChI=1S/C13H19F3N2S2/c1-9(18-20-12(2,3)4)10-5-6-11(17-7-10)19-8-13(14,15)16/h5-7,9,18H,8H2,1-4H3. The summed E-state index contributed by atoms with van der Waals surface area (Å²) >= 11 is 2.33. The van der Waals surface area contributed by atoms with E-state index in [0.717, 1.165) is 5.56 Å². The highest BCUT2D eigenvalue weighted by Crippen LogP contribution is 2.27. The van der Waals surface area contributed by atoms with E-state index in [9.17, 15) is 13.2 Å². The van der Waals surface area contributed by atoms with Crippen LogP contribution in [0, 0.1) is 0 Å². The predicted octanol–water partition coefficient (Wildman–Crippen LogP) is 4.83. The van der Waals surface area contributed by atoms with Crippen LogP contribution in [0.2, 0.25) is 0 Å². The van der Waals surface area contributed by atoms with Crippen LogP contribution >= 0.6 is 23.7 Å². The van der Waals surface area contributed by atoms with E-state index in [1.165, 1.54) is 0 Å². The third kappa shape index (κ3) is 7.40. The van der Waals surface area contributed by atoms with E-state index < -0.39 is 11.9 Å². The molecule has 0 aromatic carbocycles. The maximum atomic E-state index is 12.1. The van der Waals surface area contributed by atoms with E-state index in [-0.39, 0.29) is 10.8 Å². The average Bonchev–Trinajstić information content (AvgIpc) is 2.32. The number of nitrogens with one attached hydrogen (secondary N) is 1. The van der Waals surface area contributed by atoms with Gasteiger partial charge in [-0.25, -0.2) is 4.98 Å². The highest BCUT2D eigenvalue weighted by Gasteiger charge is 2.27. The Kier molecular flexibility index (Phi) is 6.22. The summed E-state index contributed by atoms with van der Waals surface area (Å²) in [6.45, 7) is 8.31. The number of alkyl halides is 3. The highest BCUT2D eigenvalue weighted by atomic mass is 32.2. The fourth-order valence-corrected chi connectivity index (χ4v) is 2.49. The summed E-state index contributed by atoms with van der Waals surface area (Å²) in [5.41, 5.74) is 0.957. The van der Waals surface area contributed by atoms with Crippen molar-refractivity contribution < 1.29 is 13.2 Å². The zero-order valence-corrected chi connectivity index (χ0v) is 13.5. The first-order chi connectivity index (χ1) is 9.07. The van der Waals surface area contributed by atoms with Crippen molar-refractivity contribution in [1.29, 1.82) is 0 Å². The molecule has 1 atom stereocenters. The van der Waals surface area contributed by atoms with Crippen LogP contribution in [-0.2, 0) is 0 Å². The lowest BCUT2D eigenvalue weighted by Gasteiger charge is -2.21. The highest BCUT2D eigenvalue weighted by molar-refractivity contribution is 7.99. The molecule has 1 rings (SSSR count). The van der Waals surface area contributed by atoms with Crippen LogP contribution in [0.15, 0.2) is 23.4 Å². The van der Waals surface area contributed by atoms with Crippen molar-refractivity contribution in [3.63, 3.8) is 0 Å². The number of rotatable bonds is 5. The van der Waals surface area contributed by atoms with Crippen molar-refractivity contribution in [1.82, 2.24) is 9.71 Å². The van der Waals surface area contributed by atoms with Gasteiger partial charge in [-0.05, 0) is 39.3 Å². The molecule has 0 spiro atoms. The van der Waals surface area contributed by atoms with E-state index in [2.05, 4.69) is 30.5 Å². The third-order valence-corrected chi connectivity index (χ3v) is 4.28. The van der Waals surface area contributed by atoms with Crippen LogP contribution in [-0.4, -0.2) is 21.7 Å². The molecule has 114 valence electrons. The summed E-state index contributed by atoms with van der Waals surface area (Å²) in [6, 6.07) is 3.53. The van der Waals surface area contributed by atoms with Crippen molar-refractivity contribution in [3.05, 3.63) is 23.9 Å². The fraction of sp³-hybridized carbons (Fsp3) is 0.615. The number of aromatic nitrogens is 1. The first-order valence-corrected chi connectivity index (χ1v) is 7.96. The number of hydrogen-bond acceptors (Lipinski definition) is 4. The van der Waals surface area contributed by atoms with Crippen LogP contribution in [0.25, 0.3) is 0 Å². The molecule has 0 radical (unpaired) electrons. The summed E-state index contributed by atoms with van der Waals surface area (Å²) in [6.07, 6.45) is -2.54. The topological polar surface area (TPSA) is 24.9 Å². The van der Waals surface area contributed by atoms with E-state index in [1.54, 1.807) is 24.2 Å². The number of pyridine rings is 1. The first-order valence-electron chi connectivity index (χ1n) is 6.16. The van der Waals surface area contributed by atoms with Gasteiger partial charge in [0.25, 0.3) is 0 Å². The molecule has 1 aromatic rings. The van der Waals surface area contributed by atoms with E-state index >= 15 is 0 Å². The third-order valence-electron chi connectivity index (χ3n) is 2.18. The van der Waals surface area contributed by atoms with Gasteiger partial charge < -0.3 is 0 Å². The summed E-state index contributed by atoms with van der Waals surface area (Å²) in [5.74, 6) is -0.910. The molecule has 0 amide bonds. The van der Waals surface area contributed by atoms with Gasteiger partial charge in [-0.3, -0.25) is 4.72 Å². The molecule has 0 bridgehead atoms. The van der Waals surface area contributed by atoms with Gasteiger partial charge in [-0.2, -0.15) is 13.2 Å². The molecule has 0 aliphatic rings. The van der Waals surface area contributed by atoms with Crippen LogP contribution in [0.1, 0.15) is 39.3 Å². The van der Waals surface area contributed by atoms with Crippen molar-refractivity contribution >= 4 is 23.7 Å². The maximum absolute atomic E-state index is 12.1. The molecule has 20 heavy (non-hydrogen) atoms. The predicted molar refractivity (Wildman–Crippen MR) is 79.9 cm³/mol. The lowest BCUT2D eigenvalue weighted by molar-refractivity contribution is -0.105. The molecule has 0 saturated heterocycles. The van der Waals surface area contributed by atoms with E-state index in [1.807, 2.05) is 13.0 Å². The van der Waals surface area contributed by atoms with Gasteiger partial charge in [0.15, 0.2) is 0 Å². The zero-order valence-electron chi connectivity index (χ0n) is 11.9. The van der Waals surface area contributed by atoms with Gasteiger partial charge in [-0.15, -0.1) is 0 Å². The Morgan fingerprint density at radius 2 is 1.90 bits per heavy atom. The first kappa shape index (κ1) is 17.7. The lowest BCUT2D eigenvalue weighted by atomic mass is 10.2. The fourth-order valence-electron chi connectivity index (χ4n) is 1.22. The van der Waals surface area contributed by atoms with Crippen LogP contribution < -0.4 is 4.72 Å². The second kappa shape index (κ2) is 7.04. The molecule has 2 nitrogen and oxygen atoms in total. The molecule has 7 heteroatoms. The molecule has 1 aromatic heterocycles. The van der Waals surface area contributed by atoms with Gasteiger partial charge >= 0.3 is 6.18 Å². The Morgan fingerprint density at radius 3 is 2.35 bits per heavy atom. The minimum Gasteiger partial charge on any atom is -0.256 e. The minimum absolute atomic E-state index is 0.0911. The summed E-state index contributed by atoms with van der Waals surface area (Å²) in [5, 5.41) is 0.391. The average molecular weight is 324 g/mol. The largest absolute Gasteiger partial charge is 0.398 e. The maximum Gasteiger partial charge on any atom is 0.398 e. The molecule has 0 aliphatic carbocycles. The summed E-state index contributed by atoms with van der Waals surface area (Å²) in [7, 11) is 0. The van der Waals surface area contributed by atoms with Crippen molar-refractivity contribution in [2.45, 2.75) is 49.7 Å². The molecule has 1 N–H and O–H groups in total. The second-order valence-electron chi connectivity index (χ2n) is 5.39. The van der Waals surface area contributed by atoms with E-state index in [0.29, 0.717) is 16.8 Å². The van der Waals surface area contributed by atoms with Crippen LogP contribution in [0.4, 0.5) is 13.2 Å². The van der Waals surface area contributed by atoms with Crippen molar-refractivity contribution in [3.8, 4) is 0 Å². The number of hydrogen-bond donors (Lipinski definition) is 1. The molecule has 1 unspecified atom stereocenters. The molecular formula is C13H19F3N2S2. The summed E-state index contributed by atoms with van der Waals surface area (Å²) in [4.78, 5) is 4.06. The molecule has 0 fully saturated rings. The Balaban J connectivity index is 2.53. The van der Waals surface area contributed by atoms with Crippen molar-refractivity contribution in [2.24, 2.45) is 0 Å². The second-order valence-corrected chi connectivity index (χ2v) is 8.05. The number of thioether (sulfide) groups is 1. The van der Waals surface area contributed by atoms with Gasteiger partial charge in [0.05, 0.1) is 10.8 Å².